The van der Waals surface area contributed by atoms with Gasteiger partial charge in [0.15, 0.2) is 0 Å². The minimum Gasteiger partial charge on any atom is -0.478 e. The lowest BCUT2D eigenvalue weighted by molar-refractivity contribution is -0.138. The highest BCUT2D eigenvalue weighted by molar-refractivity contribution is 5.88. The molecule has 5 nitrogen and oxygen atoms in total. The Balaban J connectivity index is 1.68. The number of carbonyl (C=O) groups excluding carboxylic acids is 1. The van der Waals surface area contributed by atoms with E-state index in [1.807, 2.05) is 0 Å². The van der Waals surface area contributed by atoms with Gasteiger partial charge in [-0.05, 0) is 35.4 Å². The van der Waals surface area contributed by atoms with Gasteiger partial charge in [0.05, 0.1) is 25.1 Å². The molecule has 1 aliphatic heterocycles. The van der Waals surface area contributed by atoms with Crippen molar-refractivity contribution in [3.05, 3.63) is 71.0 Å². The molecule has 2 aromatic rings. The fourth-order valence-electron chi connectivity index (χ4n) is 2.89. The van der Waals surface area contributed by atoms with Gasteiger partial charge in [-0.15, -0.1) is 0 Å². The largest absolute Gasteiger partial charge is 0.478 e. The van der Waals surface area contributed by atoms with Crippen LogP contribution in [0.4, 0.5) is 4.39 Å². The Morgan fingerprint density at radius 3 is 2.76 bits per heavy atom. The summed E-state index contributed by atoms with van der Waals surface area (Å²) in [6, 6.07) is 12.5. The molecule has 1 saturated heterocycles. The van der Waals surface area contributed by atoms with Gasteiger partial charge >= 0.3 is 5.97 Å². The van der Waals surface area contributed by atoms with E-state index in [1.54, 1.807) is 29.2 Å². The third-order valence-electron chi connectivity index (χ3n) is 4.17. The average molecular weight is 343 g/mol. The van der Waals surface area contributed by atoms with E-state index in [4.69, 9.17) is 9.84 Å². The maximum absolute atomic E-state index is 13.4. The van der Waals surface area contributed by atoms with Gasteiger partial charge in [0, 0.05) is 6.54 Å². The van der Waals surface area contributed by atoms with Gasteiger partial charge in [-0.3, -0.25) is 4.79 Å². The smallest absolute Gasteiger partial charge is 0.335 e. The quantitative estimate of drug-likeness (QED) is 0.927. The summed E-state index contributed by atoms with van der Waals surface area (Å²) in [5.41, 5.74) is 1.51. The number of carboxylic acid groups (broad SMARTS) is 1. The van der Waals surface area contributed by atoms with Crippen LogP contribution in [0.5, 0.6) is 0 Å². The van der Waals surface area contributed by atoms with Crippen LogP contribution >= 0.6 is 0 Å². The van der Waals surface area contributed by atoms with Crippen LogP contribution in [0.3, 0.4) is 0 Å². The Labute approximate surface area is 144 Å². The molecule has 0 radical (unpaired) electrons. The van der Waals surface area contributed by atoms with Crippen molar-refractivity contribution in [3.8, 4) is 0 Å². The number of halogens is 1. The molecule has 1 fully saturated rings. The molecule has 0 aliphatic carbocycles. The van der Waals surface area contributed by atoms with Crippen molar-refractivity contribution in [2.24, 2.45) is 0 Å². The number of morpholine rings is 1. The molecular weight excluding hydrogens is 325 g/mol. The molecule has 1 aliphatic rings. The number of hydrogen-bond acceptors (Lipinski definition) is 3. The molecule has 2 aromatic carbocycles. The van der Waals surface area contributed by atoms with Crippen molar-refractivity contribution >= 4 is 11.9 Å². The summed E-state index contributed by atoms with van der Waals surface area (Å²) < 4.78 is 19.0. The number of aromatic carboxylic acids is 1. The molecular formula is C19H18FNO4. The number of rotatable bonds is 4. The summed E-state index contributed by atoms with van der Waals surface area (Å²) in [5, 5.41) is 9.03. The molecule has 0 bridgehead atoms. The van der Waals surface area contributed by atoms with E-state index in [-0.39, 0.29) is 29.8 Å². The van der Waals surface area contributed by atoms with Crippen LogP contribution in [0.15, 0.2) is 48.5 Å². The van der Waals surface area contributed by atoms with Gasteiger partial charge in [0.25, 0.3) is 0 Å². The fourth-order valence-corrected chi connectivity index (χ4v) is 2.89. The Morgan fingerprint density at radius 2 is 2.00 bits per heavy atom. The van der Waals surface area contributed by atoms with Crippen LogP contribution < -0.4 is 0 Å². The topological polar surface area (TPSA) is 66.8 Å². The SMILES string of the molecule is O=C(O)c1cccc(CC(=O)N2CCO[C@H](c3cccc(F)c3)C2)c1. The Bertz CT molecular complexity index is 792. The Hall–Kier alpha value is -2.73. The summed E-state index contributed by atoms with van der Waals surface area (Å²) in [6.07, 6.45) is -0.240. The third kappa shape index (κ3) is 4.22. The lowest BCUT2D eigenvalue weighted by Crippen LogP contribution is -2.43. The predicted molar refractivity (Wildman–Crippen MR) is 88.8 cm³/mol. The minimum absolute atomic E-state index is 0.104. The summed E-state index contributed by atoms with van der Waals surface area (Å²) in [4.78, 5) is 25.2. The summed E-state index contributed by atoms with van der Waals surface area (Å²) in [5.74, 6) is -1.46. The van der Waals surface area contributed by atoms with Gasteiger partial charge in [-0.2, -0.15) is 0 Å². The zero-order valence-electron chi connectivity index (χ0n) is 13.5. The molecule has 0 unspecified atom stereocenters. The first-order chi connectivity index (χ1) is 12.0. The highest BCUT2D eigenvalue weighted by atomic mass is 19.1. The zero-order valence-corrected chi connectivity index (χ0v) is 13.5. The number of amides is 1. The predicted octanol–water partition coefficient (Wildman–Crippen LogP) is 2.67. The average Bonchev–Trinajstić information content (AvgIpc) is 2.62. The standard InChI is InChI=1S/C19H18FNO4/c20-16-6-2-4-14(11-16)17-12-21(7-8-25-17)18(22)10-13-3-1-5-15(9-13)19(23)24/h1-6,9,11,17H,7-8,10,12H2,(H,23,24)/t17-/m0/s1. The van der Waals surface area contributed by atoms with Gasteiger partial charge in [0.2, 0.25) is 5.91 Å². The highest BCUT2D eigenvalue weighted by Gasteiger charge is 2.25. The number of nitrogens with zero attached hydrogens (tertiary/aromatic N) is 1. The first kappa shape index (κ1) is 17.1. The van der Waals surface area contributed by atoms with Gasteiger partial charge in [-0.25, -0.2) is 9.18 Å². The molecule has 1 heterocycles. The maximum atomic E-state index is 13.4. The third-order valence-corrected chi connectivity index (χ3v) is 4.17. The van der Waals surface area contributed by atoms with Gasteiger partial charge in [0.1, 0.15) is 11.9 Å². The molecule has 25 heavy (non-hydrogen) atoms. The Morgan fingerprint density at radius 1 is 1.20 bits per heavy atom. The lowest BCUT2D eigenvalue weighted by atomic mass is 10.1. The lowest BCUT2D eigenvalue weighted by Gasteiger charge is -2.33. The van der Waals surface area contributed by atoms with E-state index in [9.17, 15) is 14.0 Å². The van der Waals surface area contributed by atoms with E-state index < -0.39 is 5.97 Å². The zero-order chi connectivity index (χ0) is 17.8. The Kier molecular flexibility index (Phi) is 5.09. The van der Waals surface area contributed by atoms with Crippen LogP contribution in [-0.2, 0) is 16.0 Å². The van der Waals surface area contributed by atoms with Crippen molar-refractivity contribution in [3.63, 3.8) is 0 Å². The number of carboxylic acids is 1. The summed E-state index contributed by atoms with van der Waals surface area (Å²) in [7, 11) is 0. The molecule has 0 aromatic heterocycles. The van der Waals surface area contributed by atoms with Gasteiger partial charge in [-0.1, -0.05) is 24.3 Å². The van der Waals surface area contributed by atoms with Gasteiger partial charge < -0.3 is 14.7 Å². The van der Waals surface area contributed by atoms with Crippen LogP contribution in [-0.4, -0.2) is 41.6 Å². The molecule has 1 amide bonds. The second kappa shape index (κ2) is 7.44. The monoisotopic (exact) mass is 343 g/mol. The molecule has 3 rings (SSSR count). The van der Waals surface area contributed by atoms with Crippen LogP contribution in [0.25, 0.3) is 0 Å². The first-order valence-electron chi connectivity index (χ1n) is 8.00. The number of ether oxygens (including phenoxy) is 1. The van der Waals surface area contributed by atoms with Crippen molar-refractivity contribution in [2.45, 2.75) is 12.5 Å². The highest BCUT2D eigenvalue weighted by Crippen LogP contribution is 2.23. The first-order valence-corrected chi connectivity index (χ1v) is 8.00. The minimum atomic E-state index is -1.02. The van der Waals surface area contributed by atoms with E-state index in [1.165, 1.54) is 24.3 Å². The van der Waals surface area contributed by atoms with E-state index in [0.717, 1.165) is 0 Å². The van der Waals surface area contributed by atoms with Crippen LogP contribution in [0.1, 0.15) is 27.6 Å². The number of benzene rings is 2. The summed E-state index contributed by atoms with van der Waals surface area (Å²) in [6.45, 7) is 1.19. The number of carbonyl (C=O) groups is 2. The van der Waals surface area contributed by atoms with E-state index in [2.05, 4.69) is 0 Å². The second-order valence-electron chi connectivity index (χ2n) is 5.94. The van der Waals surface area contributed by atoms with Crippen molar-refractivity contribution in [1.82, 2.24) is 4.90 Å². The van der Waals surface area contributed by atoms with E-state index >= 15 is 0 Å². The molecule has 0 spiro atoms. The fraction of sp³-hybridized carbons (Fsp3) is 0.263. The normalized spacial score (nSPS) is 17.3. The van der Waals surface area contributed by atoms with Crippen molar-refractivity contribution in [2.75, 3.05) is 19.7 Å². The van der Waals surface area contributed by atoms with E-state index in [0.29, 0.717) is 30.8 Å². The molecule has 0 saturated carbocycles. The summed E-state index contributed by atoms with van der Waals surface area (Å²) >= 11 is 0. The molecule has 1 N–H and O–H groups in total. The van der Waals surface area contributed by atoms with Crippen molar-refractivity contribution < 1.29 is 23.8 Å². The van der Waals surface area contributed by atoms with Crippen LogP contribution in [0, 0.1) is 5.82 Å². The van der Waals surface area contributed by atoms with Crippen molar-refractivity contribution in [1.29, 1.82) is 0 Å². The molecule has 130 valence electrons. The molecule has 1 atom stereocenters. The number of hydrogen-bond donors (Lipinski definition) is 1. The van der Waals surface area contributed by atoms with Crippen LogP contribution in [0.2, 0.25) is 0 Å². The molecule has 6 heteroatoms. The second-order valence-corrected chi connectivity index (χ2v) is 5.94. The maximum Gasteiger partial charge on any atom is 0.335 e.